The lowest BCUT2D eigenvalue weighted by molar-refractivity contribution is -0.140. The number of sulfonamides is 1. The van der Waals surface area contributed by atoms with Gasteiger partial charge in [-0.1, -0.05) is 18.2 Å². The Bertz CT molecular complexity index is 824. The molecule has 1 aromatic carbocycles. The molecule has 0 amide bonds. The Kier molecular flexibility index (Phi) is 5.41. The van der Waals surface area contributed by atoms with Gasteiger partial charge >= 0.3 is 5.97 Å². The Hall–Kier alpha value is -1.90. The molecule has 3 rings (SSSR count). The summed E-state index contributed by atoms with van der Waals surface area (Å²) < 4.78 is 37.4. The molecule has 2 aromatic rings. The Morgan fingerprint density at radius 2 is 1.80 bits per heavy atom. The molecule has 1 aliphatic rings. The quantitative estimate of drug-likeness (QED) is 0.588. The molecule has 1 saturated heterocycles. The van der Waals surface area contributed by atoms with Gasteiger partial charge in [-0.05, 0) is 36.4 Å². The molecule has 0 N–H and O–H groups in total. The molecule has 0 aliphatic carbocycles. The van der Waals surface area contributed by atoms with Gasteiger partial charge < -0.3 is 9.47 Å². The molecular weight excluding hydrogens is 362 g/mol. The Balaban J connectivity index is 1.61. The van der Waals surface area contributed by atoms with Crippen molar-refractivity contribution in [2.75, 3.05) is 20.2 Å². The smallest absolute Gasteiger partial charge is 0.314 e. The molecule has 0 spiro atoms. The molecule has 8 heteroatoms. The lowest BCUT2D eigenvalue weighted by atomic mass is 9.98. The molecular formula is C17H19NO5S2. The van der Waals surface area contributed by atoms with Crippen molar-refractivity contribution in [1.82, 2.24) is 4.31 Å². The molecule has 1 fully saturated rings. The Morgan fingerprint density at radius 3 is 2.40 bits per heavy atom. The average Bonchev–Trinajstić information content (AvgIpc) is 3.18. The molecule has 25 heavy (non-hydrogen) atoms. The van der Waals surface area contributed by atoms with Crippen LogP contribution in [0.4, 0.5) is 0 Å². The monoisotopic (exact) mass is 381 g/mol. The minimum Gasteiger partial charge on any atom is -0.493 e. The standard InChI is InChI=1S/C17H19NO5S2/c1-22-14-5-2-3-6-15(14)23-17(19)13-8-10-18(11-9-13)25(20,21)16-7-4-12-24-16/h2-7,12-13H,8-11H2,1H3. The molecule has 6 nitrogen and oxygen atoms in total. The maximum absolute atomic E-state index is 12.5. The van der Waals surface area contributed by atoms with Crippen LogP contribution in [0, 0.1) is 5.92 Å². The predicted molar refractivity (Wildman–Crippen MR) is 94.4 cm³/mol. The van der Waals surface area contributed by atoms with Crippen LogP contribution in [0.3, 0.4) is 0 Å². The second-order valence-electron chi connectivity index (χ2n) is 5.68. The SMILES string of the molecule is COc1ccccc1OC(=O)C1CCN(S(=O)(=O)c2cccs2)CC1. The third-order valence-corrected chi connectivity index (χ3v) is 7.43. The summed E-state index contributed by atoms with van der Waals surface area (Å²) in [5, 5.41) is 1.74. The highest BCUT2D eigenvalue weighted by Gasteiger charge is 2.33. The van der Waals surface area contributed by atoms with Crippen LogP contribution in [0.25, 0.3) is 0 Å². The van der Waals surface area contributed by atoms with Crippen molar-refractivity contribution in [2.45, 2.75) is 17.1 Å². The molecule has 0 bridgehead atoms. The van der Waals surface area contributed by atoms with E-state index >= 15 is 0 Å². The van der Waals surface area contributed by atoms with Crippen LogP contribution in [-0.4, -0.2) is 38.9 Å². The number of rotatable bonds is 5. The number of thiophene rings is 1. The van der Waals surface area contributed by atoms with Crippen molar-refractivity contribution in [3.63, 3.8) is 0 Å². The number of piperidine rings is 1. The maximum Gasteiger partial charge on any atom is 0.314 e. The summed E-state index contributed by atoms with van der Waals surface area (Å²) in [5.41, 5.74) is 0. The van der Waals surface area contributed by atoms with E-state index in [0.29, 0.717) is 41.6 Å². The minimum absolute atomic E-state index is 0.311. The summed E-state index contributed by atoms with van der Waals surface area (Å²) in [6, 6.07) is 10.3. The van der Waals surface area contributed by atoms with Gasteiger partial charge in [-0.2, -0.15) is 4.31 Å². The molecule has 1 aromatic heterocycles. The van der Waals surface area contributed by atoms with E-state index in [0.717, 1.165) is 0 Å². The fraction of sp³-hybridized carbons (Fsp3) is 0.353. The second kappa shape index (κ2) is 7.55. The van der Waals surface area contributed by atoms with Crippen LogP contribution in [0.2, 0.25) is 0 Å². The molecule has 0 atom stereocenters. The van der Waals surface area contributed by atoms with Gasteiger partial charge in [-0.3, -0.25) is 4.79 Å². The van der Waals surface area contributed by atoms with Crippen molar-refractivity contribution in [2.24, 2.45) is 5.92 Å². The first-order valence-corrected chi connectivity index (χ1v) is 10.2. The lowest BCUT2D eigenvalue weighted by Crippen LogP contribution is -2.40. The largest absolute Gasteiger partial charge is 0.493 e. The summed E-state index contributed by atoms with van der Waals surface area (Å²) in [5.74, 6) is 0.203. The minimum atomic E-state index is -3.46. The predicted octanol–water partition coefficient (Wildman–Crippen LogP) is 2.76. The van der Waals surface area contributed by atoms with Crippen molar-refractivity contribution in [1.29, 1.82) is 0 Å². The van der Waals surface area contributed by atoms with E-state index in [9.17, 15) is 13.2 Å². The summed E-state index contributed by atoms with van der Waals surface area (Å²) in [4.78, 5) is 12.4. The van der Waals surface area contributed by atoms with E-state index in [4.69, 9.17) is 9.47 Å². The van der Waals surface area contributed by atoms with Crippen molar-refractivity contribution in [3.8, 4) is 11.5 Å². The van der Waals surface area contributed by atoms with Gasteiger partial charge in [0, 0.05) is 13.1 Å². The van der Waals surface area contributed by atoms with Gasteiger partial charge in [0.15, 0.2) is 11.5 Å². The van der Waals surface area contributed by atoms with Gasteiger partial charge in [0.2, 0.25) is 0 Å². The van der Waals surface area contributed by atoms with Crippen molar-refractivity contribution in [3.05, 3.63) is 41.8 Å². The highest BCUT2D eigenvalue weighted by molar-refractivity contribution is 7.91. The summed E-state index contributed by atoms with van der Waals surface area (Å²) in [6.07, 6.45) is 0.886. The highest BCUT2D eigenvalue weighted by atomic mass is 32.2. The third-order valence-electron chi connectivity index (χ3n) is 4.16. The average molecular weight is 381 g/mol. The normalized spacial score (nSPS) is 16.5. The summed E-state index contributed by atoms with van der Waals surface area (Å²) >= 11 is 1.20. The zero-order chi connectivity index (χ0) is 17.9. The van der Waals surface area contributed by atoms with Crippen LogP contribution in [0.5, 0.6) is 11.5 Å². The van der Waals surface area contributed by atoms with E-state index in [1.54, 1.807) is 41.8 Å². The number of para-hydroxylation sites is 2. The Labute approximate surface area is 151 Å². The fourth-order valence-corrected chi connectivity index (χ4v) is 5.38. The summed E-state index contributed by atoms with van der Waals surface area (Å²) in [6.45, 7) is 0.623. The van der Waals surface area contributed by atoms with Crippen molar-refractivity contribution >= 4 is 27.3 Å². The van der Waals surface area contributed by atoms with Gasteiger partial charge in [0.05, 0.1) is 13.0 Å². The number of esters is 1. The van der Waals surface area contributed by atoms with E-state index in [1.165, 1.54) is 22.8 Å². The van der Waals surface area contributed by atoms with Gasteiger partial charge in [0.1, 0.15) is 4.21 Å². The summed E-state index contributed by atoms with van der Waals surface area (Å²) in [7, 11) is -1.94. The van der Waals surface area contributed by atoms with E-state index in [-0.39, 0.29) is 11.9 Å². The van der Waals surface area contributed by atoms with Crippen LogP contribution in [-0.2, 0) is 14.8 Å². The molecule has 1 aliphatic heterocycles. The topological polar surface area (TPSA) is 72.9 Å². The number of ether oxygens (including phenoxy) is 2. The molecule has 0 unspecified atom stereocenters. The number of methoxy groups -OCH3 is 1. The van der Waals surface area contributed by atoms with Gasteiger partial charge in [-0.25, -0.2) is 8.42 Å². The number of carbonyl (C=O) groups excluding carboxylic acids is 1. The number of hydrogen-bond acceptors (Lipinski definition) is 6. The van der Waals surface area contributed by atoms with Gasteiger partial charge in [0.25, 0.3) is 10.0 Å². The Morgan fingerprint density at radius 1 is 1.12 bits per heavy atom. The lowest BCUT2D eigenvalue weighted by Gasteiger charge is -2.29. The van der Waals surface area contributed by atoms with E-state index < -0.39 is 10.0 Å². The second-order valence-corrected chi connectivity index (χ2v) is 8.79. The first-order valence-electron chi connectivity index (χ1n) is 7.90. The van der Waals surface area contributed by atoms with E-state index in [1.807, 2.05) is 0 Å². The first-order chi connectivity index (χ1) is 12.0. The van der Waals surface area contributed by atoms with Crippen molar-refractivity contribution < 1.29 is 22.7 Å². The number of nitrogens with zero attached hydrogens (tertiary/aromatic N) is 1. The first kappa shape index (κ1) is 17.9. The molecule has 2 heterocycles. The maximum atomic E-state index is 12.5. The zero-order valence-electron chi connectivity index (χ0n) is 13.8. The van der Waals surface area contributed by atoms with Crippen LogP contribution < -0.4 is 9.47 Å². The number of carbonyl (C=O) groups is 1. The van der Waals surface area contributed by atoms with Crippen LogP contribution in [0.1, 0.15) is 12.8 Å². The third kappa shape index (κ3) is 3.86. The fourth-order valence-electron chi connectivity index (χ4n) is 2.76. The highest BCUT2D eigenvalue weighted by Crippen LogP contribution is 2.30. The molecule has 134 valence electrons. The van der Waals surface area contributed by atoms with E-state index in [2.05, 4.69) is 0 Å². The van der Waals surface area contributed by atoms with Gasteiger partial charge in [-0.15, -0.1) is 11.3 Å². The van der Waals surface area contributed by atoms with Crippen LogP contribution in [0.15, 0.2) is 46.0 Å². The molecule has 0 saturated carbocycles. The zero-order valence-corrected chi connectivity index (χ0v) is 15.4. The molecule has 0 radical (unpaired) electrons. The number of benzene rings is 1. The van der Waals surface area contributed by atoms with Crippen LogP contribution >= 0.6 is 11.3 Å². The number of hydrogen-bond donors (Lipinski definition) is 0.